The Morgan fingerprint density at radius 2 is 2.17 bits per heavy atom. The number of methoxy groups -OCH3 is 1. The monoisotopic (exact) mass is 264 g/mol. The normalized spacial score (nSPS) is 12.4. The van der Waals surface area contributed by atoms with Gasteiger partial charge in [0.15, 0.2) is 0 Å². The fourth-order valence-electron chi connectivity index (χ4n) is 1.89. The summed E-state index contributed by atoms with van der Waals surface area (Å²) < 4.78 is 9.18. The highest BCUT2D eigenvalue weighted by Crippen LogP contribution is 2.28. The van der Waals surface area contributed by atoms with E-state index in [9.17, 15) is 5.11 Å². The second-order valence-electron chi connectivity index (χ2n) is 3.97. The Labute approximate surface area is 110 Å². The average molecular weight is 264 g/mol. The third-order valence-electron chi connectivity index (χ3n) is 2.83. The molecule has 0 aliphatic rings. The van der Waals surface area contributed by atoms with E-state index < -0.39 is 6.10 Å². The van der Waals surface area contributed by atoms with E-state index in [1.54, 1.807) is 7.11 Å². The minimum absolute atomic E-state index is 0.515. The van der Waals surface area contributed by atoms with Crippen LogP contribution in [0.5, 0.6) is 5.75 Å². The fourth-order valence-corrected chi connectivity index (χ4v) is 2.61. The number of para-hydroxylation sites is 1. The molecular formula is C13H16N2O2S. The first-order valence-corrected chi connectivity index (χ1v) is 6.64. The summed E-state index contributed by atoms with van der Waals surface area (Å²) >= 11 is 1.26. The number of aliphatic hydroxyl groups is 1. The Bertz CT molecular complexity index is 513. The third-order valence-corrected chi connectivity index (χ3v) is 3.70. The van der Waals surface area contributed by atoms with Crippen LogP contribution >= 0.6 is 11.5 Å². The van der Waals surface area contributed by atoms with Crippen molar-refractivity contribution in [2.75, 3.05) is 7.11 Å². The zero-order chi connectivity index (χ0) is 13.0. The molecule has 1 heterocycles. The van der Waals surface area contributed by atoms with Crippen LogP contribution in [-0.2, 0) is 12.8 Å². The SMILES string of the molecule is CCc1nnsc1C(O)Cc1ccccc1OC. The van der Waals surface area contributed by atoms with Crippen LogP contribution in [0.4, 0.5) is 0 Å². The molecule has 1 unspecified atom stereocenters. The first kappa shape index (κ1) is 13.0. The van der Waals surface area contributed by atoms with Crippen molar-refractivity contribution >= 4 is 11.5 Å². The summed E-state index contributed by atoms with van der Waals surface area (Å²) in [6.07, 6.45) is 0.728. The van der Waals surface area contributed by atoms with Crippen molar-refractivity contribution < 1.29 is 9.84 Å². The van der Waals surface area contributed by atoms with Crippen LogP contribution in [0.1, 0.15) is 29.2 Å². The van der Waals surface area contributed by atoms with Crippen LogP contribution in [0, 0.1) is 0 Å². The van der Waals surface area contributed by atoms with Crippen molar-refractivity contribution in [3.8, 4) is 5.75 Å². The lowest BCUT2D eigenvalue weighted by molar-refractivity contribution is 0.180. The smallest absolute Gasteiger partial charge is 0.122 e. The first-order chi connectivity index (χ1) is 8.76. The molecule has 4 nitrogen and oxygen atoms in total. The number of nitrogens with zero attached hydrogens (tertiary/aromatic N) is 2. The molecule has 2 aromatic rings. The van der Waals surface area contributed by atoms with Crippen LogP contribution in [0.15, 0.2) is 24.3 Å². The zero-order valence-corrected chi connectivity index (χ0v) is 11.3. The van der Waals surface area contributed by atoms with Crippen molar-refractivity contribution in [1.82, 2.24) is 9.59 Å². The van der Waals surface area contributed by atoms with E-state index in [0.29, 0.717) is 6.42 Å². The molecule has 0 spiro atoms. The maximum atomic E-state index is 10.3. The van der Waals surface area contributed by atoms with Crippen molar-refractivity contribution in [1.29, 1.82) is 0 Å². The molecule has 0 amide bonds. The van der Waals surface area contributed by atoms with Gasteiger partial charge in [-0.05, 0) is 29.6 Å². The molecule has 1 aromatic carbocycles. The number of ether oxygens (including phenoxy) is 1. The van der Waals surface area contributed by atoms with E-state index in [1.165, 1.54) is 11.5 Å². The van der Waals surface area contributed by atoms with Crippen molar-refractivity contribution in [3.63, 3.8) is 0 Å². The molecule has 0 saturated heterocycles. The van der Waals surface area contributed by atoms with Crippen molar-refractivity contribution in [2.24, 2.45) is 0 Å². The summed E-state index contributed by atoms with van der Waals surface area (Å²) in [6, 6.07) is 7.71. The molecule has 2 rings (SSSR count). The van der Waals surface area contributed by atoms with Gasteiger partial charge in [-0.1, -0.05) is 29.6 Å². The van der Waals surface area contributed by atoms with Gasteiger partial charge in [-0.25, -0.2) is 0 Å². The van der Waals surface area contributed by atoms with Crippen molar-refractivity contribution in [3.05, 3.63) is 40.4 Å². The van der Waals surface area contributed by atoms with E-state index in [0.717, 1.165) is 28.3 Å². The molecule has 96 valence electrons. The standard InChI is InChI=1S/C13H16N2O2S/c1-3-10-13(18-15-14-10)11(16)8-9-6-4-5-7-12(9)17-2/h4-7,11,16H,3,8H2,1-2H3. The molecule has 0 aliphatic heterocycles. The van der Waals surface area contributed by atoms with Gasteiger partial charge in [0.2, 0.25) is 0 Å². The number of rotatable bonds is 5. The van der Waals surface area contributed by atoms with Crippen LogP contribution < -0.4 is 4.74 Å². The van der Waals surface area contributed by atoms with E-state index in [2.05, 4.69) is 9.59 Å². The molecule has 0 bridgehead atoms. The molecule has 1 N–H and O–H groups in total. The van der Waals surface area contributed by atoms with Gasteiger partial charge in [0.25, 0.3) is 0 Å². The molecule has 5 heteroatoms. The van der Waals surface area contributed by atoms with E-state index in [4.69, 9.17) is 4.74 Å². The Morgan fingerprint density at radius 1 is 1.39 bits per heavy atom. The lowest BCUT2D eigenvalue weighted by atomic mass is 10.0. The predicted molar refractivity (Wildman–Crippen MR) is 70.9 cm³/mol. The largest absolute Gasteiger partial charge is 0.496 e. The minimum atomic E-state index is -0.573. The number of aryl methyl sites for hydroxylation is 1. The fraction of sp³-hybridized carbons (Fsp3) is 0.385. The van der Waals surface area contributed by atoms with Gasteiger partial charge in [0.05, 0.1) is 23.8 Å². The zero-order valence-electron chi connectivity index (χ0n) is 10.5. The Morgan fingerprint density at radius 3 is 2.89 bits per heavy atom. The summed E-state index contributed by atoms with van der Waals surface area (Å²) in [6.45, 7) is 2.01. The third kappa shape index (κ3) is 2.68. The maximum Gasteiger partial charge on any atom is 0.122 e. The minimum Gasteiger partial charge on any atom is -0.496 e. The first-order valence-electron chi connectivity index (χ1n) is 5.87. The second-order valence-corrected chi connectivity index (χ2v) is 4.75. The van der Waals surface area contributed by atoms with Crippen LogP contribution in [0.25, 0.3) is 0 Å². The van der Waals surface area contributed by atoms with E-state index in [1.807, 2.05) is 31.2 Å². The van der Waals surface area contributed by atoms with Gasteiger partial charge in [0.1, 0.15) is 5.75 Å². The topological polar surface area (TPSA) is 55.2 Å². The quantitative estimate of drug-likeness (QED) is 0.901. The van der Waals surface area contributed by atoms with Crippen LogP contribution in [0.2, 0.25) is 0 Å². The van der Waals surface area contributed by atoms with Crippen LogP contribution in [-0.4, -0.2) is 21.8 Å². The lowest BCUT2D eigenvalue weighted by Gasteiger charge is -2.12. The summed E-state index contributed by atoms with van der Waals surface area (Å²) in [5.74, 6) is 0.798. The Hall–Kier alpha value is -1.46. The van der Waals surface area contributed by atoms with Gasteiger partial charge in [-0.15, -0.1) is 5.10 Å². The van der Waals surface area contributed by atoms with Gasteiger partial charge < -0.3 is 9.84 Å². The highest BCUT2D eigenvalue weighted by Gasteiger charge is 2.17. The predicted octanol–water partition coefficient (Wildman–Crippen LogP) is 2.39. The summed E-state index contributed by atoms with van der Waals surface area (Å²) in [5, 5.41) is 14.3. The molecule has 18 heavy (non-hydrogen) atoms. The molecule has 0 radical (unpaired) electrons. The van der Waals surface area contributed by atoms with Gasteiger partial charge in [-0.3, -0.25) is 0 Å². The van der Waals surface area contributed by atoms with Crippen molar-refractivity contribution in [2.45, 2.75) is 25.9 Å². The van der Waals surface area contributed by atoms with E-state index in [-0.39, 0.29) is 0 Å². The number of hydrogen-bond acceptors (Lipinski definition) is 5. The summed E-state index contributed by atoms with van der Waals surface area (Å²) in [4.78, 5) is 0.850. The highest BCUT2D eigenvalue weighted by molar-refractivity contribution is 7.05. The van der Waals surface area contributed by atoms with E-state index >= 15 is 0 Å². The van der Waals surface area contributed by atoms with Gasteiger partial charge in [0, 0.05) is 6.42 Å². The molecule has 1 aromatic heterocycles. The molecule has 0 saturated carbocycles. The molecular weight excluding hydrogens is 248 g/mol. The number of hydrogen-bond donors (Lipinski definition) is 1. The highest BCUT2D eigenvalue weighted by atomic mass is 32.1. The summed E-state index contributed by atoms with van der Waals surface area (Å²) in [5.41, 5.74) is 1.87. The summed E-state index contributed by atoms with van der Waals surface area (Å²) in [7, 11) is 1.64. The molecule has 0 aliphatic carbocycles. The number of aliphatic hydroxyl groups excluding tert-OH is 1. The number of aromatic nitrogens is 2. The van der Waals surface area contributed by atoms with Gasteiger partial charge in [-0.2, -0.15) is 0 Å². The lowest BCUT2D eigenvalue weighted by Crippen LogP contribution is -2.04. The van der Waals surface area contributed by atoms with Crippen LogP contribution in [0.3, 0.4) is 0 Å². The Balaban J connectivity index is 2.18. The molecule has 0 fully saturated rings. The Kier molecular flexibility index (Phi) is 4.28. The second kappa shape index (κ2) is 5.93. The van der Waals surface area contributed by atoms with Gasteiger partial charge >= 0.3 is 0 Å². The number of benzene rings is 1. The maximum absolute atomic E-state index is 10.3. The average Bonchev–Trinajstić information content (AvgIpc) is 2.87. The molecule has 1 atom stereocenters.